The van der Waals surface area contributed by atoms with Crippen LogP contribution in [0, 0.1) is 5.82 Å². The zero-order valence-electron chi connectivity index (χ0n) is 19.3. The van der Waals surface area contributed by atoms with Gasteiger partial charge in [-0.05, 0) is 60.4 Å². The van der Waals surface area contributed by atoms with Gasteiger partial charge in [-0.15, -0.1) is 0 Å². The van der Waals surface area contributed by atoms with Gasteiger partial charge in [-0.1, -0.05) is 18.2 Å². The van der Waals surface area contributed by atoms with Gasteiger partial charge in [0, 0.05) is 30.8 Å². The number of hydrogen-bond donors (Lipinski definition) is 1. The van der Waals surface area contributed by atoms with E-state index in [0.29, 0.717) is 31.7 Å². The molecule has 0 unspecified atom stereocenters. The van der Waals surface area contributed by atoms with Crippen LogP contribution in [0.1, 0.15) is 48.4 Å². The lowest BCUT2D eigenvalue weighted by Crippen LogP contribution is -2.45. The summed E-state index contributed by atoms with van der Waals surface area (Å²) in [6, 6.07) is 14.6. The summed E-state index contributed by atoms with van der Waals surface area (Å²) in [5, 5.41) is 4.17. The van der Waals surface area contributed by atoms with Crippen molar-refractivity contribution >= 4 is 28.3 Å². The summed E-state index contributed by atoms with van der Waals surface area (Å²) >= 11 is 1.65. The zero-order valence-corrected chi connectivity index (χ0v) is 20.1. The number of fused-ring (bicyclic) bond motifs is 2. The Kier molecular flexibility index (Phi) is 6.00. The van der Waals surface area contributed by atoms with Crippen molar-refractivity contribution in [2.45, 2.75) is 38.0 Å². The van der Waals surface area contributed by atoms with E-state index in [1.54, 1.807) is 17.4 Å². The second-order valence-corrected chi connectivity index (χ2v) is 10.1. The number of H-pyrrole nitrogens is 1. The van der Waals surface area contributed by atoms with Crippen molar-refractivity contribution < 1.29 is 13.9 Å². The molecule has 1 amide bonds. The number of ether oxygens (including phenoxy) is 1. The number of imidazole rings is 1. The van der Waals surface area contributed by atoms with Crippen LogP contribution in [-0.2, 0) is 11.3 Å². The Morgan fingerprint density at radius 3 is 3.00 bits per heavy atom. The molecule has 4 heterocycles. The second-order valence-electron chi connectivity index (χ2n) is 9.32. The first-order valence-corrected chi connectivity index (χ1v) is 13.0. The molecule has 2 aliphatic heterocycles. The van der Waals surface area contributed by atoms with Gasteiger partial charge >= 0.3 is 0 Å². The van der Waals surface area contributed by atoms with Gasteiger partial charge in [0.05, 0.1) is 23.6 Å². The maximum atomic E-state index is 13.7. The molecular weight excluding hydrogens is 463 g/mol. The van der Waals surface area contributed by atoms with E-state index in [9.17, 15) is 9.18 Å². The molecule has 2 aromatic heterocycles. The number of nitrogens with one attached hydrogen (secondary N) is 1. The highest BCUT2D eigenvalue weighted by atomic mass is 32.1. The fourth-order valence-electron chi connectivity index (χ4n) is 5.19. The van der Waals surface area contributed by atoms with Gasteiger partial charge in [-0.2, -0.15) is 11.3 Å². The summed E-state index contributed by atoms with van der Waals surface area (Å²) in [4.78, 5) is 25.8. The van der Waals surface area contributed by atoms with Crippen molar-refractivity contribution in [3.63, 3.8) is 0 Å². The molecule has 0 radical (unpaired) electrons. The van der Waals surface area contributed by atoms with Crippen molar-refractivity contribution in [2.24, 2.45) is 0 Å². The van der Waals surface area contributed by atoms with Crippen molar-refractivity contribution in [2.75, 3.05) is 19.6 Å². The first kappa shape index (κ1) is 22.2. The van der Waals surface area contributed by atoms with E-state index in [0.717, 1.165) is 47.5 Å². The van der Waals surface area contributed by atoms with E-state index < -0.39 is 0 Å². The average Bonchev–Trinajstić information content (AvgIpc) is 3.51. The summed E-state index contributed by atoms with van der Waals surface area (Å²) in [5.41, 5.74) is 3.61. The van der Waals surface area contributed by atoms with Gasteiger partial charge in [-0.25, -0.2) is 9.37 Å². The van der Waals surface area contributed by atoms with Gasteiger partial charge in [0.15, 0.2) is 0 Å². The quantitative estimate of drug-likeness (QED) is 0.413. The van der Waals surface area contributed by atoms with E-state index in [1.807, 2.05) is 23.1 Å². The lowest BCUT2D eigenvalue weighted by molar-refractivity contribution is -0.136. The van der Waals surface area contributed by atoms with Crippen LogP contribution in [0.2, 0.25) is 0 Å². The molecule has 2 atom stereocenters. The number of carbonyl (C=O) groups excluding carboxylic acids is 1. The average molecular weight is 491 g/mol. The van der Waals surface area contributed by atoms with E-state index in [1.165, 1.54) is 12.1 Å². The third kappa shape index (κ3) is 4.56. The fraction of sp³-hybridized carbons (Fsp3) is 0.333. The van der Waals surface area contributed by atoms with Crippen molar-refractivity contribution in [1.29, 1.82) is 0 Å². The Labute approximate surface area is 207 Å². The molecule has 2 aliphatic rings. The third-order valence-corrected chi connectivity index (χ3v) is 7.64. The monoisotopic (exact) mass is 490 g/mol. The topological polar surface area (TPSA) is 61.5 Å². The maximum Gasteiger partial charge on any atom is 0.237 e. The van der Waals surface area contributed by atoms with Crippen LogP contribution in [0.5, 0.6) is 5.75 Å². The molecule has 180 valence electrons. The first-order chi connectivity index (χ1) is 17.1. The SMILES string of the molecule is O=C(CN1Cc2ccccc2O[C@@H](c2ccsc2)C1)N1CCCC[C@H]1c1nc2ccc(F)cc2[nH]1. The number of hydrogen-bond acceptors (Lipinski definition) is 5. The predicted molar refractivity (Wildman–Crippen MR) is 134 cm³/mol. The minimum absolute atomic E-state index is 0.0878. The Hall–Kier alpha value is -3.23. The minimum Gasteiger partial charge on any atom is -0.484 e. The van der Waals surface area contributed by atoms with Crippen molar-refractivity contribution in [1.82, 2.24) is 19.8 Å². The number of nitrogens with zero attached hydrogens (tertiary/aromatic N) is 3. The summed E-state index contributed by atoms with van der Waals surface area (Å²) in [7, 11) is 0. The number of amides is 1. The van der Waals surface area contributed by atoms with Crippen LogP contribution in [0.4, 0.5) is 4.39 Å². The summed E-state index contributed by atoms with van der Waals surface area (Å²) < 4.78 is 20.1. The molecule has 0 spiro atoms. The second kappa shape index (κ2) is 9.43. The molecular formula is C27H27FN4O2S. The van der Waals surface area contributed by atoms with E-state index in [4.69, 9.17) is 9.72 Å². The number of rotatable bonds is 4. The van der Waals surface area contributed by atoms with Crippen LogP contribution in [-0.4, -0.2) is 45.3 Å². The van der Waals surface area contributed by atoms with Gasteiger partial charge in [-0.3, -0.25) is 9.69 Å². The summed E-state index contributed by atoms with van der Waals surface area (Å²) in [5.74, 6) is 1.40. The van der Waals surface area contributed by atoms with Gasteiger partial charge in [0.2, 0.25) is 5.91 Å². The van der Waals surface area contributed by atoms with Gasteiger partial charge in [0.1, 0.15) is 23.5 Å². The maximum absolute atomic E-state index is 13.7. The normalized spacial score (nSPS) is 20.9. The number of benzene rings is 2. The lowest BCUT2D eigenvalue weighted by Gasteiger charge is -2.36. The molecule has 0 bridgehead atoms. The van der Waals surface area contributed by atoms with E-state index >= 15 is 0 Å². The smallest absolute Gasteiger partial charge is 0.237 e. The predicted octanol–water partition coefficient (Wildman–Crippen LogP) is 5.45. The third-order valence-electron chi connectivity index (χ3n) is 6.93. The van der Waals surface area contributed by atoms with Crippen LogP contribution in [0.3, 0.4) is 0 Å². The molecule has 0 aliphatic carbocycles. The molecule has 2 aromatic carbocycles. The standard InChI is InChI=1S/C27H27FN4O2S/c28-20-8-9-21-22(13-20)30-27(29-21)23-6-3-4-11-32(23)26(33)16-31-14-18-5-1-2-7-24(18)34-25(15-31)19-10-12-35-17-19/h1-2,5,7-10,12-13,17,23,25H,3-4,6,11,14-16H2,(H,29,30)/t23-,25+/m0/s1. The molecule has 8 heteroatoms. The number of para-hydroxylation sites is 1. The number of piperidine rings is 1. The number of likely N-dealkylation sites (tertiary alicyclic amines) is 1. The molecule has 0 saturated carbocycles. The number of carbonyl (C=O) groups is 1. The Balaban J connectivity index is 1.24. The van der Waals surface area contributed by atoms with Crippen molar-refractivity contribution in [3.8, 4) is 5.75 Å². The van der Waals surface area contributed by atoms with Gasteiger partial charge in [0.25, 0.3) is 0 Å². The molecule has 1 N–H and O–H groups in total. The number of halogens is 1. The van der Waals surface area contributed by atoms with Crippen LogP contribution < -0.4 is 4.74 Å². The summed E-state index contributed by atoms with van der Waals surface area (Å²) in [6.07, 6.45) is 2.73. The fourth-order valence-corrected chi connectivity index (χ4v) is 5.89. The molecule has 6 nitrogen and oxygen atoms in total. The highest BCUT2D eigenvalue weighted by Gasteiger charge is 2.33. The Morgan fingerprint density at radius 1 is 1.20 bits per heavy atom. The molecule has 6 rings (SSSR count). The molecule has 4 aromatic rings. The highest BCUT2D eigenvalue weighted by Crippen LogP contribution is 2.34. The van der Waals surface area contributed by atoms with Crippen molar-refractivity contribution in [3.05, 3.63) is 82.1 Å². The van der Waals surface area contributed by atoms with E-state index in [-0.39, 0.29) is 23.9 Å². The van der Waals surface area contributed by atoms with Gasteiger partial charge < -0.3 is 14.6 Å². The van der Waals surface area contributed by atoms with Crippen LogP contribution in [0.25, 0.3) is 11.0 Å². The largest absolute Gasteiger partial charge is 0.484 e. The Morgan fingerprint density at radius 2 is 2.11 bits per heavy atom. The minimum atomic E-state index is -0.298. The molecule has 35 heavy (non-hydrogen) atoms. The molecule has 1 saturated heterocycles. The summed E-state index contributed by atoms with van der Waals surface area (Å²) in [6.45, 7) is 2.30. The number of aromatic nitrogens is 2. The molecule has 1 fully saturated rings. The Bertz CT molecular complexity index is 1340. The lowest BCUT2D eigenvalue weighted by atomic mass is 10.0. The van der Waals surface area contributed by atoms with Crippen LogP contribution >= 0.6 is 11.3 Å². The first-order valence-electron chi connectivity index (χ1n) is 12.1. The van der Waals surface area contributed by atoms with E-state index in [2.05, 4.69) is 32.8 Å². The van der Waals surface area contributed by atoms with Crippen LogP contribution in [0.15, 0.2) is 59.3 Å². The number of aromatic amines is 1. The highest BCUT2D eigenvalue weighted by molar-refractivity contribution is 7.07. The number of thiophene rings is 1. The zero-order chi connectivity index (χ0) is 23.8.